The Morgan fingerprint density at radius 3 is 2.92 bits per heavy atom. The Kier molecular flexibility index (Phi) is 1.60. The molecule has 0 aliphatic heterocycles. The normalized spacial score (nSPS) is 10.0. The molecule has 1 heterocycles. The number of fused-ring (bicyclic) bond motifs is 1. The van der Waals surface area contributed by atoms with E-state index in [1.807, 2.05) is 19.1 Å². The summed E-state index contributed by atoms with van der Waals surface area (Å²) in [6.45, 7) is 1.99. The highest BCUT2D eigenvalue weighted by Crippen LogP contribution is 2.25. The Morgan fingerprint density at radius 1 is 1.33 bits per heavy atom. The molecule has 0 radical (unpaired) electrons. The molecule has 0 bridgehead atoms. The van der Waals surface area contributed by atoms with Crippen LogP contribution >= 0.6 is 11.3 Å². The standard InChI is InChI=1S/C10H7NS/c1-7-8(6-11)2-3-10-9(7)4-5-12-10/h2-5H,1H3. The first-order chi connectivity index (χ1) is 5.83. The van der Waals surface area contributed by atoms with Gasteiger partial charge in [0, 0.05) is 4.70 Å². The van der Waals surface area contributed by atoms with Gasteiger partial charge in [0.05, 0.1) is 11.6 Å². The Balaban J connectivity index is 2.89. The summed E-state index contributed by atoms with van der Waals surface area (Å²) in [4.78, 5) is 0. The van der Waals surface area contributed by atoms with Gasteiger partial charge in [-0.25, -0.2) is 0 Å². The molecular formula is C10H7NS. The molecule has 0 N–H and O–H groups in total. The lowest BCUT2D eigenvalue weighted by Gasteiger charge is -1.97. The van der Waals surface area contributed by atoms with E-state index in [0.29, 0.717) is 0 Å². The van der Waals surface area contributed by atoms with Crippen LogP contribution in [0.2, 0.25) is 0 Å². The van der Waals surface area contributed by atoms with Crippen LogP contribution in [-0.4, -0.2) is 0 Å². The summed E-state index contributed by atoms with van der Waals surface area (Å²) in [5, 5.41) is 12.0. The summed E-state index contributed by atoms with van der Waals surface area (Å²) in [5.41, 5.74) is 1.87. The number of nitriles is 1. The summed E-state index contributed by atoms with van der Waals surface area (Å²) in [7, 11) is 0. The molecule has 2 aromatic rings. The molecule has 1 aromatic carbocycles. The van der Waals surface area contributed by atoms with Gasteiger partial charge in [0.2, 0.25) is 0 Å². The second-order valence-corrected chi connectivity index (χ2v) is 3.63. The number of thiophene rings is 1. The molecule has 1 nitrogen and oxygen atoms in total. The molecule has 0 spiro atoms. The first-order valence-corrected chi connectivity index (χ1v) is 4.58. The van der Waals surface area contributed by atoms with E-state index >= 15 is 0 Å². The topological polar surface area (TPSA) is 23.8 Å². The van der Waals surface area contributed by atoms with Crippen LogP contribution in [0.4, 0.5) is 0 Å². The third-order valence-corrected chi connectivity index (χ3v) is 2.91. The summed E-state index contributed by atoms with van der Waals surface area (Å²) in [6.07, 6.45) is 0. The van der Waals surface area contributed by atoms with E-state index < -0.39 is 0 Å². The molecule has 0 aliphatic rings. The van der Waals surface area contributed by atoms with E-state index in [0.717, 1.165) is 11.1 Å². The maximum Gasteiger partial charge on any atom is 0.0994 e. The van der Waals surface area contributed by atoms with E-state index in [2.05, 4.69) is 17.5 Å². The van der Waals surface area contributed by atoms with Crippen LogP contribution in [0.25, 0.3) is 10.1 Å². The zero-order valence-corrected chi connectivity index (χ0v) is 7.48. The first kappa shape index (κ1) is 7.33. The van der Waals surface area contributed by atoms with E-state index in [1.165, 1.54) is 10.1 Å². The van der Waals surface area contributed by atoms with Crippen molar-refractivity contribution in [2.45, 2.75) is 6.92 Å². The number of aryl methyl sites for hydroxylation is 1. The average Bonchev–Trinajstić information content (AvgIpc) is 2.53. The second kappa shape index (κ2) is 2.62. The third kappa shape index (κ3) is 0.910. The van der Waals surface area contributed by atoms with Crippen molar-refractivity contribution in [1.82, 2.24) is 0 Å². The molecule has 0 saturated heterocycles. The van der Waals surface area contributed by atoms with Crippen LogP contribution in [0.5, 0.6) is 0 Å². The zero-order chi connectivity index (χ0) is 8.55. The molecular weight excluding hydrogens is 166 g/mol. The van der Waals surface area contributed by atoms with Crippen molar-refractivity contribution in [1.29, 1.82) is 5.26 Å². The van der Waals surface area contributed by atoms with E-state index in [1.54, 1.807) is 11.3 Å². The minimum atomic E-state index is 0.779. The molecule has 0 unspecified atom stereocenters. The van der Waals surface area contributed by atoms with Gasteiger partial charge in [0.15, 0.2) is 0 Å². The lowest BCUT2D eigenvalue weighted by atomic mass is 10.1. The van der Waals surface area contributed by atoms with Crippen LogP contribution in [0, 0.1) is 18.3 Å². The molecule has 0 atom stereocenters. The van der Waals surface area contributed by atoms with Gasteiger partial charge in [-0.05, 0) is 41.5 Å². The SMILES string of the molecule is Cc1c(C#N)ccc2sccc12. The molecule has 1 aromatic heterocycles. The molecule has 0 saturated carbocycles. The van der Waals surface area contributed by atoms with Gasteiger partial charge in [-0.3, -0.25) is 0 Å². The van der Waals surface area contributed by atoms with E-state index in [9.17, 15) is 0 Å². The smallest absolute Gasteiger partial charge is 0.0994 e. The third-order valence-electron chi connectivity index (χ3n) is 2.03. The molecule has 0 amide bonds. The summed E-state index contributed by atoms with van der Waals surface area (Å²) >= 11 is 1.71. The Morgan fingerprint density at radius 2 is 2.17 bits per heavy atom. The number of nitrogens with zero attached hydrogens (tertiary/aromatic N) is 1. The van der Waals surface area contributed by atoms with Gasteiger partial charge in [0.25, 0.3) is 0 Å². The van der Waals surface area contributed by atoms with Gasteiger partial charge >= 0.3 is 0 Å². The lowest BCUT2D eigenvalue weighted by Crippen LogP contribution is -1.80. The molecule has 0 aliphatic carbocycles. The monoisotopic (exact) mass is 173 g/mol. The quantitative estimate of drug-likeness (QED) is 0.600. The van der Waals surface area contributed by atoms with Gasteiger partial charge in [0.1, 0.15) is 0 Å². The van der Waals surface area contributed by atoms with Crippen molar-refractivity contribution in [2.24, 2.45) is 0 Å². The van der Waals surface area contributed by atoms with Crippen molar-refractivity contribution in [2.75, 3.05) is 0 Å². The zero-order valence-electron chi connectivity index (χ0n) is 6.66. The second-order valence-electron chi connectivity index (χ2n) is 2.68. The van der Waals surface area contributed by atoms with Gasteiger partial charge in [-0.2, -0.15) is 5.26 Å². The van der Waals surface area contributed by atoms with Crippen LogP contribution in [0.15, 0.2) is 23.6 Å². The number of hydrogen-bond acceptors (Lipinski definition) is 2. The van der Waals surface area contributed by atoms with Crippen LogP contribution in [0.1, 0.15) is 11.1 Å². The lowest BCUT2D eigenvalue weighted by molar-refractivity contribution is 1.43. The van der Waals surface area contributed by atoms with Gasteiger partial charge in [-0.15, -0.1) is 11.3 Å². The molecule has 2 rings (SSSR count). The summed E-state index contributed by atoms with van der Waals surface area (Å²) in [5.74, 6) is 0. The average molecular weight is 173 g/mol. The van der Waals surface area contributed by atoms with Gasteiger partial charge in [-0.1, -0.05) is 0 Å². The fourth-order valence-corrected chi connectivity index (χ4v) is 2.16. The fourth-order valence-electron chi connectivity index (χ4n) is 1.31. The highest BCUT2D eigenvalue weighted by molar-refractivity contribution is 7.17. The predicted molar refractivity (Wildman–Crippen MR) is 51.3 cm³/mol. The number of benzene rings is 1. The van der Waals surface area contributed by atoms with E-state index in [-0.39, 0.29) is 0 Å². The van der Waals surface area contributed by atoms with Crippen molar-refractivity contribution in [3.05, 3.63) is 34.7 Å². The van der Waals surface area contributed by atoms with Crippen molar-refractivity contribution < 1.29 is 0 Å². The molecule has 58 valence electrons. The van der Waals surface area contributed by atoms with Crippen molar-refractivity contribution in [3.8, 4) is 6.07 Å². The Labute approximate surface area is 74.9 Å². The molecule has 0 fully saturated rings. The summed E-state index contributed by atoms with van der Waals surface area (Å²) < 4.78 is 1.26. The predicted octanol–water partition coefficient (Wildman–Crippen LogP) is 3.08. The fraction of sp³-hybridized carbons (Fsp3) is 0.100. The molecule has 12 heavy (non-hydrogen) atoms. The van der Waals surface area contributed by atoms with Crippen molar-refractivity contribution in [3.63, 3.8) is 0 Å². The highest BCUT2D eigenvalue weighted by Gasteiger charge is 2.02. The largest absolute Gasteiger partial charge is 0.192 e. The van der Waals surface area contributed by atoms with Gasteiger partial charge < -0.3 is 0 Å². The maximum absolute atomic E-state index is 8.77. The van der Waals surface area contributed by atoms with E-state index in [4.69, 9.17) is 5.26 Å². The van der Waals surface area contributed by atoms with Crippen molar-refractivity contribution >= 4 is 21.4 Å². The number of hydrogen-bond donors (Lipinski definition) is 0. The maximum atomic E-state index is 8.77. The highest BCUT2D eigenvalue weighted by atomic mass is 32.1. The molecule has 2 heteroatoms. The first-order valence-electron chi connectivity index (χ1n) is 3.70. The van der Waals surface area contributed by atoms with Crippen LogP contribution in [-0.2, 0) is 0 Å². The minimum Gasteiger partial charge on any atom is -0.192 e. The van der Waals surface area contributed by atoms with Crippen LogP contribution in [0.3, 0.4) is 0 Å². The Hall–Kier alpha value is -1.33. The number of rotatable bonds is 0. The summed E-state index contributed by atoms with van der Waals surface area (Å²) in [6, 6.07) is 8.14. The van der Waals surface area contributed by atoms with Crippen LogP contribution < -0.4 is 0 Å². The minimum absolute atomic E-state index is 0.779. The Bertz CT molecular complexity index is 462.